The summed E-state index contributed by atoms with van der Waals surface area (Å²) in [5.41, 5.74) is 8.25. The molecular weight excluding hydrogens is 250 g/mol. The number of aryl methyl sites for hydroxylation is 1. The van der Waals surface area contributed by atoms with Gasteiger partial charge >= 0.3 is 0 Å². The third kappa shape index (κ3) is 2.45. The molecule has 1 saturated heterocycles. The Kier molecular flexibility index (Phi) is 3.52. The molecule has 0 radical (unpaired) electrons. The molecule has 3 N–H and O–H groups in total. The molecule has 2 atom stereocenters. The van der Waals surface area contributed by atoms with Crippen molar-refractivity contribution in [1.29, 1.82) is 0 Å². The molecule has 1 aromatic carbocycles. The highest BCUT2D eigenvalue weighted by atomic mass is 16.2. The van der Waals surface area contributed by atoms with Crippen LogP contribution < -0.4 is 11.1 Å². The maximum Gasteiger partial charge on any atom is 0.241 e. The van der Waals surface area contributed by atoms with Crippen molar-refractivity contribution in [2.45, 2.75) is 32.2 Å². The van der Waals surface area contributed by atoms with Crippen LogP contribution in [0.2, 0.25) is 0 Å². The maximum absolute atomic E-state index is 12.5. The summed E-state index contributed by atoms with van der Waals surface area (Å²) in [6, 6.07) is 8.08. The number of carbonyl (C=O) groups is 1. The summed E-state index contributed by atoms with van der Waals surface area (Å²) >= 11 is 0. The van der Waals surface area contributed by atoms with Crippen LogP contribution in [-0.4, -0.2) is 36.5 Å². The van der Waals surface area contributed by atoms with Gasteiger partial charge in [0.15, 0.2) is 0 Å². The fraction of sp³-hybridized carbons (Fsp3) is 0.562. The summed E-state index contributed by atoms with van der Waals surface area (Å²) in [5.74, 6) is 0.135. The van der Waals surface area contributed by atoms with Crippen LogP contribution in [0.5, 0.6) is 0 Å². The smallest absolute Gasteiger partial charge is 0.241 e. The molecule has 4 heteroatoms. The van der Waals surface area contributed by atoms with E-state index >= 15 is 0 Å². The number of hydrogen-bond acceptors (Lipinski definition) is 3. The van der Waals surface area contributed by atoms with E-state index < -0.39 is 0 Å². The average Bonchev–Trinajstić information content (AvgIpc) is 2.75. The highest BCUT2D eigenvalue weighted by Crippen LogP contribution is 2.32. The van der Waals surface area contributed by atoms with E-state index in [0.717, 1.165) is 38.0 Å². The Hall–Kier alpha value is -1.39. The molecule has 1 amide bonds. The molecule has 0 saturated carbocycles. The van der Waals surface area contributed by atoms with Gasteiger partial charge in [0, 0.05) is 12.2 Å². The second-order valence-electron chi connectivity index (χ2n) is 6.44. The molecule has 0 spiro atoms. The van der Waals surface area contributed by atoms with Gasteiger partial charge in [0.1, 0.15) is 0 Å². The number of amides is 1. The highest BCUT2D eigenvalue weighted by Gasteiger charge is 2.38. The number of nitrogens with zero attached hydrogens (tertiary/aromatic N) is 1. The zero-order chi connectivity index (χ0) is 14.2. The minimum absolute atomic E-state index is 0.0178. The van der Waals surface area contributed by atoms with Crippen molar-refractivity contribution in [1.82, 2.24) is 4.90 Å². The van der Waals surface area contributed by atoms with Gasteiger partial charge in [0.2, 0.25) is 5.91 Å². The van der Waals surface area contributed by atoms with Gasteiger partial charge in [-0.2, -0.15) is 0 Å². The Bertz CT molecular complexity index is 516. The second kappa shape index (κ2) is 5.19. The van der Waals surface area contributed by atoms with Crippen molar-refractivity contribution >= 4 is 11.6 Å². The van der Waals surface area contributed by atoms with Gasteiger partial charge in [-0.15, -0.1) is 0 Å². The van der Waals surface area contributed by atoms with Gasteiger partial charge in [-0.3, -0.25) is 9.69 Å². The number of likely N-dealkylation sites (tertiary alicyclic amines) is 1. The SMILES string of the molecule is CC1(CN)CCN(C2CCc3ccccc3NC2=O)C1. The van der Waals surface area contributed by atoms with Crippen molar-refractivity contribution in [3.05, 3.63) is 29.8 Å². The van der Waals surface area contributed by atoms with Crippen LogP contribution in [0.3, 0.4) is 0 Å². The zero-order valence-corrected chi connectivity index (χ0v) is 12.1. The van der Waals surface area contributed by atoms with Gasteiger partial charge in [0.05, 0.1) is 6.04 Å². The predicted octanol–water partition coefficient (Wildman–Crippen LogP) is 1.61. The van der Waals surface area contributed by atoms with Gasteiger partial charge in [-0.25, -0.2) is 0 Å². The van der Waals surface area contributed by atoms with Crippen LogP contribution in [0.25, 0.3) is 0 Å². The van der Waals surface area contributed by atoms with Crippen LogP contribution in [0, 0.1) is 5.41 Å². The van der Waals surface area contributed by atoms with E-state index in [1.807, 2.05) is 18.2 Å². The number of carbonyl (C=O) groups excluding carboxylic acids is 1. The lowest BCUT2D eigenvalue weighted by Gasteiger charge is -2.27. The van der Waals surface area contributed by atoms with E-state index in [1.54, 1.807) is 0 Å². The van der Waals surface area contributed by atoms with Crippen LogP contribution in [0.4, 0.5) is 5.69 Å². The lowest BCUT2D eigenvalue weighted by molar-refractivity contribution is -0.121. The standard InChI is InChI=1S/C16H23N3O/c1-16(10-17)8-9-19(11-16)14-7-6-12-4-2-3-5-13(12)18-15(14)20/h2-5,14H,6-11,17H2,1H3,(H,18,20). The quantitative estimate of drug-likeness (QED) is 0.860. The summed E-state index contributed by atoms with van der Waals surface area (Å²) in [6.07, 6.45) is 2.93. The Morgan fingerprint density at radius 3 is 3.00 bits per heavy atom. The molecule has 2 unspecified atom stereocenters. The lowest BCUT2D eigenvalue weighted by Crippen LogP contribution is -2.44. The minimum Gasteiger partial charge on any atom is -0.330 e. The number of rotatable bonds is 2. The third-order valence-electron chi connectivity index (χ3n) is 4.79. The molecule has 2 heterocycles. The summed E-state index contributed by atoms with van der Waals surface area (Å²) in [5, 5.41) is 3.08. The number of benzene rings is 1. The molecule has 3 rings (SSSR count). The monoisotopic (exact) mass is 273 g/mol. The summed E-state index contributed by atoms with van der Waals surface area (Å²) in [6.45, 7) is 4.81. The van der Waals surface area contributed by atoms with Crippen molar-refractivity contribution in [2.24, 2.45) is 11.1 Å². The first-order valence-electron chi connectivity index (χ1n) is 7.44. The fourth-order valence-electron chi connectivity index (χ4n) is 3.34. The number of anilines is 1. The first-order valence-corrected chi connectivity index (χ1v) is 7.44. The Morgan fingerprint density at radius 1 is 1.45 bits per heavy atom. The van der Waals surface area contributed by atoms with E-state index in [0.29, 0.717) is 6.54 Å². The second-order valence-corrected chi connectivity index (χ2v) is 6.44. The normalized spacial score (nSPS) is 30.7. The molecular formula is C16H23N3O. The van der Waals surface area contributed by atoms with Crippen molar-refractivity contribution < 1.29 is 4.79 Å². The van der Waals surface area contributed by atoms with Crippen LogP contribution in [0.15, 0.2) is 24.3 Å². The maximum atomic E-state index is 12.5. The van der Waals surface area contributed by atoms with E-state index in [2.05, 4.69) is 23.2 Å². The zero-order valence-electron chi connectivity index (χ0n) is 12.1. The van der Waals surface area contributed by atoms with E-state index in [4.69, 9.17) is 5.73 Å². The third-order valence-corrected chi connectivity index (χ3v) is 4.79. The van der Waals surface area contributed by atoms with Crippen LogP contribution >= 0.6 is 0 Å². The fourth-order valence-corrected chi connectivity index (χ4v) is 3.34. The van der Waals surface area contributed by atoms with Gasteiger partial charge in [0.25, 0.3) is 0 Å². The largest absolute Gasteiger partial charge is 0.330 e. The highest BCUT2D eigenvalue weighted by molar-refractivity contribution is 5.96. The molecule has 1 aromatic rings. The molecule has 0 aliphatic carbocycles. The molecule has 108 valence electrons. The van der Waals surface area contributed by atoms with Crippen LogP contribution in [-0.2, 0) is 11.2 Å². The number of para-hydroxylation sites is 1. The Labute approximate surface area is 120 Å². The average molecular weight is 273 g/mol. The number of fused-ring (bicyclic) bond motifs is 1. The predicted molar refractivity (Wildman–Crippen MR) is 80.5 cm³/mol. The summed E-state index contributed by atoms with van der Waals surface area (Å²) < 4.78 is 0. The molecule has 4 nitrogen and oxygen atoms in total. The van der Waals surface area contributed by atoms with E-state index in [-0.39, 0.29) is 17.4 Å². The molecule has 2 aliphatic heterocycles. The molecule has 1 fully saturated rings. The first kappa shape index (κ1) is 13.6. The van der Waals surface area contributed by atoms with Crippen LogP contribution in [0.1, 0.15) is 25.3 Å². The number of hydrogen-bond donors (Lipinski definition) is 2. The first-order chi connectivity index (χ1) is 9.61. The summed E-state index contributed by atoms with van der Waals surface area (Å²) in [7, 11) is 0. The molecule has 0 aromatic heterocycles. The number of nitrogens with one attached hydrogen (secondary N) is 1. The van der Waals surface area contributed by atoms with Crippen molar-refractivity contribution in [3.63, 3.8) is 0 Å². The topological polar surface area (TPSA) is 58.4 Å². The van der Waals surface area contributed by atoms with Gasteiger partial charge < -0.3 is 11.1 Å². The summed E-state index contributed by atoms with van der Waals surface area (Å²) in [4.78, 5) is 14.8. The van der Waals surface area contributed by atoms with Crippen molar-refractivity contribution in [3.8, 4) is 0 Å². The van der Waals surface area contributed by atoms with Crippen molar-refractivity contribution in [2.75, 3.05) is 25.0 Å². The van der Waals surface area contributed by atoms with E-state index in [9.17, 15) is 4.79 Å². The molecule has 0 bridgehead atoms. The Balaban J connectivity index is 1.76. The minimum atomic E-state index is -0.0178. The lowest BCUT2D eigenvalue weighted by atomic mass is 9.90. The Morgan fingerprint density at radius 2 is 2.25 bits per heavy atom. The van der Waals surface area contributed by atoms with Gasteiger partial charge in [-0.1, -0.05) is 25.1 Å². The molecule has 20 heavy (non-hydrogen) atoms. The number of nitrogens with two attached hydrogens (primary N) is 1. The van der Waals surface area contributed by atoms with Gasteiger partial charge in [-0.05, 0) is 49.4 Å². The van der Waals surface area contributed by atoms with E-state index in [1.165, 1.54) is 5.56 Å². The molecule has 2 aliphatic rings.